The van der Waals surface area contributed by atoms with Gasteiger partial charge >= 0.3 is 6.18 Å². The molecule has 0 radical (unpaired) electrons. The molecule has 1 aromatic heterocycles. The number of aromatic nitrogens is 1. The van der Waals surface area contributed by atoms with Crippen LogP contribution in [0.4, 0.5) is 13.2 Å². The number of alkyl halides is 3. The van der Waals surface area contributed by atoms with Crippen LogP contribution in [-0.4, -0.2) is 59.3 Å². The van der Waals surface area contributed by atoms with Crippen molar-refractivity contribution in [3.8, 4) is 0 Å². The van der Waals surface area contributed by atoms with E-state index in [2.05, 4.69) is 10.3 Å². The van der Waals surface area contributed by atoms with Crippen molar-refractivity contribution in [2.75, 3.05) is 19.8 Å². The van der Waals surface area contributed by atoms with Crippen molar-refractivity contribution < 1.29 is 77.2 Å². The smallest absolute Gasteiger partial charge is 0.416 e. The number of nitrogens with two attached hydrogens (primary N) is 3. The predicted molar refractivity (Wildman–Crippen MR) is 145 cm³/mol. The van der Waals surface area contributed by atoms with Gasteiger partial charge in [0, 0.05) is 37.5 Å². The van der Waals surface area contributed by atoms with E-state index in [-0.39, 0.29) is 107 Å². The van der Waals surface area contributed by atoms with Gasteiger partial charge in [-0.15, -0.1) is 0 Å². The maximum atomic E-state index is 13.4. The summed E-state index contributed by atoms with van der Waals surface area (Å²) >= 11 is 0. The van der Waals surface area contributed by atoms with Gasteiger partial charge in [-0.3, -0.25) is 19.4 Å². The van der Waals surface area contributed by atoms with Crippen molar-refractivity contribution in [3.63, 3.8) is 0 Å². The van der Waals surface area contributed by atoms with Gasteiger partial charge in [-0.1, -0.05) is 30.3 Å². The van der Waals surface area contributed by atoms with Crippen LogP contribution >= 0.6 is 0 Å². The SMILES string of the molecule is NCCN(CN)C(=O)CC[C@H](N)C(=O)N[C@H](Cc1ccc(C(F)(F)F)cc1)C(=O)Cc1cnc2ccccc2c1.[Cl-].[Cl-].[Cl-].[Cl-]. The molecule has 1 heterocycles. The van der Waals surface area contributed by atoms with Crippen LogP contribution in [0.3, 0.4) is 0 Å². The Kier molecular flexibility index (Phi) is 20.1. The van der Waals surface area contributed by atoms with Crippen molar-refractivity contribution >= 4 is 28.5 Å². The number of fused-ring (bicyclic) bond motifs is 1. The summed E-state index contributed by atoms with van der Waals surface area (Å²) in [6.07, 6.45) is -3.10. The Balaban J connectivity index is 0. The highest BCUT2D eigenvalue weighted by molar-refractivity contribution is 5.93. The van der Waals surface area contributed by atoms with Crippen LogP contribution in [0, 0.1) is 0 Å². The van der Waals surface area contributed by atoms with Gasteiger partial charge in [0.1, 0.15) is 0 Å². The second kappa shape index (κ2) is 20.3. The first kappa shape index (κ1) is 43.4. The van der Waals surface area contributed by atoms with Gasteiger partial charge < -0.3 is 77.0 Å². The third kappa shape index (κ3) is 12.7. The van der Waals surface area contributed by atoms with E-state index in [0.717, 1.165) is 23.0 Å². The number of carbonyl (C=O) groups excluding carboxylic acids is 3. The Morgan fingerprint density at radius 3 is 2.16 bits per heavy atom. The molecule has 3 aromatic rings. The summed E-state index contributed by atoms with van der Waals surface area (Å²) in [4.78, 5) is 44.3. The number of rotatable bonds is 13. The molecule has 0 bridgehead atoms. The Bertz CT molecular complexity index is 1340. The van der Waals surface area contributed by atoms with Gasteiger partial charge in [-0.2, -0.15) is 13.2 Å². The van der Waals surface area contributed by atoms with E-state index in [9.17, 15) is 27.6 Å². The second-order valence-electron chi connectivity index (χ2n) is 9.41. The summed E-state index contributed by atoms with van der Waals surface area (Å²) in [5, 5.41) is 3.47. The first-order valence-corrected chi connectivity index (χ1v) is 12.8. The van der Waals surface area contributed by atoms with Gasteiger partial charge in [-0.25, -0.2) is 0 Å². The van der Waals surface area contributed by atoms with E-state index in [4.69, 9.17) is 17.2 Å². The first-order valence-electron chi connectivity index (χ1n) is 12.8. The van der Waals surface area contributed by atoms with Crippen molar-refractivity contribution in [2.24, 2.45) is 17.2 Å². The zero-order chi connectivity index (χ0) is 29.3. The number of pyridine rings is 1. The van der Waals surface area contributed by atoms with E-state index in [1.807, 2.05) is 30.3 Å². The maximum Gasteiger partial charge on any atom is 0.416 e. The number of benzene rings is 2. The number of Topliss-reactive ketones (excluding diaryl/α,β-unsaturated/α-hetero) is 1. The lowest BCUT2D eigenvalue weighted by Gasteiger charge is -2.22. The summed E-state index contributed by atoms with van der Waals surface area (Å²) < 4.78 is 39.0. The van der Waals surface area contributed by atoms with Gasteiger partial charge in [0.05, 0.1) is 29.8 Å². The summed E-state index contributed by atoms with van der Waals surface area (Å²) in [6, 6.07) is 11.4. The molecule has 0 unspecified atom stereocenters. The van der Waals surface area contributed by atoms with Crippen LogP contribution in [0.25, 0.3) is 10.9 Å². The molecule has 0 spiro atoms. The normalized spacial score (nSPS) is 11.9. The van der Waals surface area contributed by atoms with Crippen LogP contribution < -0.4 is 72.1 Å². The average Bonchev–Trinajstić information content (AvgIpc) is 2.93. The third-order valence-corrected chi connectivity index (χ3v) is 6.43. The van der Waals surface area contributed by atoms with Gasteiger partial charge in [0.15, 0.2) is 5.78 Å². The van der Waals surface area contributed by atoms with Gasteiger partial charge in [-0.05, 0) is 48.2 Å². The van der Waals surface area contributed by atoms with Crippen molar-refractivity contribution in [2.45, 2.75) is 43.9 Å². The minimum absolute atomic E-state index is 0. The topological polar surface area (TPSA) is 157 Å². The molecule has 7 N–H and O–H groups in total. The van der Waals surface area contributed by atoms with E-state index >= 15 is 0 Å². The predicted octanol–water partition coefficient (Wildman–Crippen LogP) is -10.1. The molecular weight excluding hydrogens is 667 g/mol. The molecule has 16 heteroatoms. The summed E-state index contributed by atoms with van der Waals surface area (Å²) in [5.41, 5.74) is 18.0. The van der Waals surface area contributed by atoms with Crippen molar-refractivity contribution in [1.82, 2.24) is 15.2 Å². The molecule has 0 aliphatic rings. The number of ketones is 1. The number of hydrogen-bond donors (Lipinski definition) is 4. The monoisotopic (exact) mass is 698 g/mol. The minimum atomic E-state index is -4.50. The van der Waals surface area contributed by atoms with E-state index in [1.165, 1.54) is 17.0 Å². The summed E-state index contributed by atoms with van der Waals surface area (Å²) in [5.74, 6) is -1.34. The number of hydrogen-bond acceptors (Lipinski definition) is 7. The molecule has 9 nitrogen and oxygen atoms in total. The van der Waals surface area contributed by atoms with Crippen LogP contribution in [0.15, 0.2) is 60.8 Å². The van der Waals surface area contributed by atoms with Crippen LogP contribution in [-0.2, 0) is 33.4 Å². The van der Waals surface area contributed by atoms with Crippen molar-refractivity contribution in [1.29, 1.82) is 0 Å². The molecular formula is C28H33Cl4F3N6O3-4. The van der Waals surface area contributed by atoms with Gasteiger partial charge in [0.2, 0.25) is 11.8 Å². The average molecular weight is 700 g/mol. The van der Waals surface area contributed by atoms with Gasteiger partial charge in [0.25, 0.3) is 0 Å². The maximum absolute atomic E-state index is 13.4. The summed E-state index contributed by atoms with van der Waals surface area (Å²) in [6.45, 7) is 0.477. The fourth-order valence-electron chi connectivity index (χ4n) is 4.17. The molecule has 0 aliphatic carbocycles. The fourth-order valence-corrected chi connectivity index (χ4v) is 4.17. The Hall–Kier alpha value is -2.71. The fraction of sp³-hybridized carbons (Fsp3) is 0.357. The Morgan fingerprint density at radius 1 is 0.932 bits per heavy atom. The zero-order valence-electron chi connectivity index (χ0n) is 23.4. The highest BCUT2D eigenvalue weighted by Crippen LogP contribution is 2.29. The summed E-state index contributed by atoms with van der Waals surface area (Å²) in [7, 11) is 0. The molecule has 0 saturated heterocycles. The number of nitrogens with one attached hydrogen (secondary N) is 1. The molecule has 2 amide bonds. The lowest BCUT2D eigenvalue weighted by molar-refractivity contribution is -0.137. The second-order valence-corrected chi connectivity index (χ2v) is 9.41. The molecule has 3 rings (SSSR count). The minimum Gasteiger partial charge on any atom is -1.00 e. The zero-order valence-corrected chi connectivity index (χ0v) is 26.4. The Morgan fingerprint density at radius 2 is 1.57 bits per heavy atom. The lowest BCUT2D eigenvalue weighted by Crippen LogP contribution is -3.00. The molecule has 0 saturated carbocycles. The number of para-hydroxylation sites is 1. The van der Waals surface area contributed by atoms with E-state index < -0.39 is 29.7 Å². The largest absolute Gasteiger partial charge is 1.00 e. The van der Waals surface area contributed by atoms with E-state index in [1.54, 1.807) is 6.20 Å². The number of amides is 2. The molecule has 0 fully saturated rings. The molecule has 246 valence electrons. The van der Waals surface area contributed by atoms with E-state index in [0.29, 0.717) is 11.1 Å². The standard InChI is InChI=1S/C28H33F3N6O3.4ClH/c29-28(30,31)21-7-5-18(6-8-21)14-24(25(38)15-19-13-20-3-1-2-4-23(20)35-16-19)36-27(40)22(34)9-10-26(39)37(17-33)12-11-32;;;;/h1-8,13,16,22,24H,9-12,14-15,17,32-34H2,(H,36,40);4*1H/p-4/t22-,24+;;;;/m0..../s1. The van der Waals surface area contributed by atoms with Crippen molar-refractivity contribution in [3.05, 3.63) is 77.5 Å². The molecule has 0 aliphatic heterocycles. The number of carbonyl (C=O) groups is 3. The highest BCUT2D eigenvalue weighted by atomic mass is 35.5. The molecule has 2 atom stereocenters. The van der Waals surface area contributed by atoms with Crippen LogP contribution in [0.5, 0.6) is 0 Å². The third-order valence-electron chi connectivity index (χ3n) is 6.43. The van der Waals surface area contributed by atoms with Crippen LogP contribution in [0.1, 0.15) is 29.5 Å². The quantitative estimate of drug-likeness (QED) is 0.129. The number of nitrogens with zero attached hydrogens (tertiary/aromatic N) is 2. The number of halogens is 7. The molecule has 44 heavy (non-hydrogen) atoms. The highest BCUT2D eigenvalue weighted by Gasteiger charge is 2.30. The first-order chi connectivity index (χ1) is 19.0. The molecule has 2 aromatic carbocycles. The lowest BCUT2D eigenvalue weighted by atomic mass is 9.96. The Labute approximate surface area is 278 Å². The van der Waals surface area contributed by atoms with Crippen LogP contribution in [0.2, 0.25) is 0 Å².